The molecule has 38 heavy (non-hydrogen) atoms. The quantitative estimate of drug-likeness (QED) is 0.154. The van der Waals surface area contributed by atoms with E-state index in [4.69, 9.17) is 0 Å². The highest BCUT2D eigenvalue weighted by Crippen LogP contribution is 2.47. The number of benzene rings is 3. The van der Waals surface area contributed by atoms with E-state index in [1.807, 2.05) is 87.1 Å². The number of nitro benzene ring substituents is 1. The Morgan fingerprint density at radius 1 is 1.03 bits per heavy atom. The topological polar surface area (TPSA) is 88.4 Å². The van der Waals surface area contributed by atoms with Crippen molar-refractivity contribution in [1.29, 1.82) is 0 Å². The monoisotopic (exact) mass is 504 g/mol. The van der Waals surface area contributed by atoms with Gasteiger partial charge in [0.05, 0.1) is 27.2 Å². The van der Waals surface area contributed by atoms with Gasteiger partial charge in [-0.2, -0.15) is 4.58 Å². The lowest BCUT2D eigenvalue weighted by Crippen LogP contribution is -2.30. The van der Waals surface area contributed by atoms with Gasteiger partial charge in [-0.1, -0.05) is 48.5 Å². The number of aliphatic hydroxyl groups excluding tert-OH is 1. The van der Waals surface area contributed by atoms with Gasteiger partial charge in [-0.25, -0.2) is 0 Å². The predicted octanol–water partition coefficient (Wildman–Crippen LogP) is 6.24. The number of ketones is 1. The molecule has 1 aliphatic heterocycles. The average molecular weight is 505 g/mol. The van der Waals surface area contributed by atoms with Crippen molar-refractivity contribution in [2.75, 3.05) is 7.05 Å². The van der Waals surface area contributed by atoms with E-state index in [2.05, 4.69) is 4.57 Å². The number of nitrogens with zero attached hydrogens (tertiary/aromatic N) is 3. The summed E-state index contributed by atoms with van der Waals surface area (Å²) in [5, 5.41) is 23.6. The molecule has 7 nitrogen and oxygen atoms in total. The maximum Gasteiger partial charge on any atom is 0.270 e. The van der Waals surface area contributed by atoms with E-state index in [9.17, 15) is 20.0 Å². The number of aryl methyl sites for hydroxylation is 1. The number of rotatable bonds is 4. The molecule has 0 bridgehead atoms. The van der Waals surface area contributed by atoms with Crippen molar-refractivity contribution in [1.82, 2.24) is 4.57 Å². The van der Waals surface area contributed by atoms with Crippen molar-refractivity contribution in [3.63, 3.8) is 0 Å². The van der Waals surface area contributed by atoms with Crippen molar-refractivity contribution in [3.05, 3.63) is 111 Å². The molecule has 1 aliphatic carbocycles. The SMILES string of the molecule is Cn1c(-c2ccccc2)c(C2=C(O)C(=CC3=[N+](C)c4ccc([N+](=O)[O-])cc4C3(C)C)C2=O)c2ccccc21. The van der Waals surface area contributed by atoms with Crippen LogP contribution in [0.2, 0.25) is 0 Å². The minimum absolute atomic E-state index is 0.0216. The summed E-state index contributed by atoms with van der Waals surface area (Å²) in [5.74, 6) is -0.267. The van der Waals surface area contributed by atoms with Crippen molar-refractivity contribution < 1.29 is 19.4 Å². The molecule has 1 N–H and O–H groups in total. The Kier molecular flexibility index (Phi) is 5.04. The van der Waals surface area contributed by atoms with E-state index >= 15 is 0 Å². The van der Waals surface area contributed by atoms with Gasteiger partial charge in [0.1, 0.15) is 12.8 Å². The molecule has 0 saturated heterocycles. The Balaban J connectivity index is 1.51. The Labute approximate surface area is 219 Å². The Hall–Kier alpha value is -4.78. The summed E-state index contributed by atoms with van der Waals surface area (Å²) in [7, 11) is 3.84. The number of fused-ring (bicyclic) bond motifs is 2. The van der Waals surface area contributed by atoms with Crippen LogP contribution in [0.25, 0.3) is 27.7 Å². The lowest BCUT2D eigenvalue weighted by molar-refractivity contribution is -0.402. The van der Waals surface area contributed by atoms with Gasteiger partial charge < -0.3 is 9.67 Å². The number of carbonyl (C=O) groups is 1. The van der Waals surface area contributed by atoms with Gasteiger partial charge in [0, 0.05) is 53.4 Å². The molecule has 0 saturated carbocycles. The van der Waals surface area contributed by atoms with Gasteiger partial charge in [-0.05, 0) is 25.5 Å². The molecule has 0 atom stereocenters. The van der Waals surface area contributed by atoms with Crippen LogP contribution >= 0.6 is 0 Å². The minimum atomic E-state index is -0.603. The van der Waals surface area contributed by atoms with Gasteiger partial charge in [0.2, 0.25) is 11.5 Å². The summed E-state index contributed by atoms with van der Waals surface area (Å²) in [6, 6.07) is 22.5. The number of para-hydroxylation sites is 1. The fourth-order valence-corrected chi connectivity index (χ4v) is 5.90. The van der Waals surface area contributed by atoms with Crippen molar-refractivity contribution in [2.24, 2.45) is 7.05 Å². The van der Waals surface area contributed by atoms with Crippen LogP contribution in [0.3, 0.4) is 0 Å². The molecule has 3 aromatic carbocycles. The van der Waals surface area contributed by atoms with Crippen molar-refractivity contribution in [3.8, 4) is 11.3 Å². The van der Waals surface area contributed by atoms with Crippen LogP contribution in [0.4, 0.5) is 11.4 Å². The molecule has 0 amide bonds. The first-order chi connectivity index (χ1) is 18.1. The van der Waals surface area contributed by atoms with E-state index < -0.39 is 10.3 Å². The molecule has 2 heterocycles. The zero-order valence-corrected chi connectivity index (χ0v) is 21.5. The van der Waals surface area contributed by atoms with Gasteiger partial charge in [-0.3, -0.25) is 14.9 Å². The van der Waals surface area contributed by atoms with Crippen LogP contribution in [0.15, 0.2) is 90.2 Å². The molecule has 7 heteroatoms. The van der Waals surface area contributed by atoms with Gasteiger partial charge in [0.25, 0.3) is 5.69 Å². The molecular formula is C31H26N3O4+. The molecule has 188 valence electrons. The number of nitro groups is 1. The number of aromatic nitrogens is 1. The second-order valence-electron chi connectivity index (χ2n) is 10.3. The summed E-state index contributed by atoms with van der Waals surface area (Å²) in [6.45, 7) is 3.93. The Morgan fingerprint density at radius 3 is 2.39 bits per heavy atom. The van der Waals surface area contributed by atoms with E-state index in [0.717, 1.165) is 44.7 Å². The molecule has 0 unspecified atom stereocenters. The fourth-order valence-electron chi connectivity index (χ4n) is 5.90. The highest BCUT2D eigenvalue weighted by molar-refractivity contribution is 6.42. The van der Waals surface area contributed by atoms with Gasteiger partial charge in [0.15, 0.2) is 5.71 Å². The molecule has 6 rings (SSSR count). The molecule has 0 radical (unpaired) electrons. The Bertz CT molecular complexity index is 1800. The molecule has 2 aliphatic rings. The van der Waals surface area contributed by atoms with Crippen LogP contribution in [0.5, 0.6) is 0 Å². The maximum atomic E-state index is 13.7. The average Bonchev–Trinajstić information content (AvgIpc) is 3.30. The van der Waals surface area contributed by atoms with Gasteiger partial charge in [-0.15, -0.1) is 0 Å². The summed E-state index contributed by atoms with van der Waals surface area (Å²) >= 11 is 0. The fraction of sp³-hybridized carbons (Fsp3) is 0.161. The zero-order valence-electron chi connectivity index (χ0n) is 21.5. The number of Topliss-reactive ketones (excluding diaryl/α,β-unsaturated/α-hetero) is 1. The summed E-state index contributed by atoms with van der Waals surface area (Å²) < 4.78 is 3.99. The van der Waals surface area contributed by atoms with Crippen LogP contribution in [-0.2, 0) is 17.3 Å². The minimum Gasteiger partial charge on any atom is -0.506 e. The first-order valence-corrected chi connectivity index (χ1v) is 12.4. The first kappa shape index (κ1) is 23.6. The lowest BCUT2D eigenvalue weighted by Gasteiger charge is -2.23. The van der Waals surface area contributed by atoms with Crippen LogP contribution in [0, 0.1) is 10.1 Å². The van der Waals surface area contributed by atoms with Crippen LogP contribution < -0.4 is 0 Å². The van der Waals surface area contributed by atoms with Crippen molar-refractivity contribution >= 4 is 39.3 Å². The maximum absolute atomic E-state index is 13.7. The van der Waals surface area contributed by atoms with E-state index in [1.165, 1.54) is 6.07 Å². The number of hydrogen-bond acceptors (Lipinski definition) is 4. The molecular weight excluding hydrogens is 478 g/mol. The molecule has 4 aromatic rings. The summed E-state index contributed by atoms with van der Waals surface area (Å²) in [4.78, 5) is 24.7. The highest BCUT2D eigenvalue weighted by atomic mass is 16.6. The first-order valence-electron chi connectivity index (χ1n) is 12.4. The highest BCUT2D eigenvalue weighted by Gasteiger charge is 2.47. The Morgan fingerprint density at radius 2 is 1.71 bits per heavy atom. The normalized spacial score (nSPS) is 17.4. The second-order valence-corrected chi connectivity index (χ2v) is 10.3. The second kappa shape index (κ2) is 8.11. The lowest BCUT2D eigenvalue weighted by atomic mass is 9.77. The standard InChI is InChI=1S/C31H25N3O4/c1-31(2)22-16-19(34(37)38)14-15-24(22)32(3)25(31)17-21-29(35)27(30(21)36)26-20-12-8-9-13-23(20)33(4)28(26)18-10-6-5-7-11-18/h5-17H,1-4H3/p+1. The third kappa shape index (κ3) is 3.14. The third-order valence-corrected chi connectivity index (χ3v) is 7.88. The predicted molar refractivity (Wildman–Crippen MR) is 148 cm³/mol. The number of hydrogen-bond donors (Lipinski definition) is 1. The van der Waals surface area contributed by atoms with Crippen LogP contribution in [-0.4, -0.2) is 37.7 Å². The smallest absolute Gasteiger partial charge is 0.270 e. The van der Waals surface area contributed by atoms with Crippen molar-refractivity contribution in [2.45, 2.75) is 19.3 Å². The number of carbonyl (C=O) groups excluding carboxylic acids is 1. The van der Waals surface area contributed by atoms with E-state index in [0.29, 0.717) is 5.57 Å². The van der Waals surface area contributed by atoms with Gasteiger partial charge >= 0.3 is 0 Å². The summed E-state index contributed by atoms with van der Waals surface area (Å²) in [6.07, 6.45) is 1.72. The number of allylic oxidation sites excluding steroid dienone is 3. The third-order valence-electron chi connectivity index (χ3n) is 7.88. The van der Waals surface area contributed by atoms with E-state index in [-0.39, 0.29) is 22.8 Å². The zero-order chi connectivity index (χ0) is 26.9. The molecule has 0 fully saturated rings. The largest absolute Gasteiger partial charge is 0.506 e. The number of non-ortho nitro benzene ring substituents is 1. The number of aliphatic hydroxyl groups is 1. The molecule has 0 spiro atoms. The molecule has 1 aromatic heterocycles. The summed E-state index contributed by atoms with van der Waals surface area (Å²) in [5.41, 5.74) is 5.89. The van der Waals surface area contributed by atoms with Crippen LogP contribution in [0.1, 0.15) is 25.0 Å². The van der Waals surface area contributed by atoms with E-state index in [1.54, 1.807) is 18.2 Å².